The molecule has 48 valence electrons. The first-order valence-corrected chi connectivity index (χ1v) is 3.32. The van der Waals surface area contributed by atoms with Crippen LogP contribution in [0.25, 0.3) is 0 Å². The normalized spacial score (nSPS) is 6.12. The maximum Gasteiger partial charge on any atom is 0.209 e. The molecular weight excluding hydrogens is 124 g/mol. The fraction of sp³-hybridized carbons (Fsp3) is 0.400. The highest BCUT2D eigenvalue weighted by Crippen LogP contribution is 1.57. The molecule has 0 atom stereocenters. The van der Waals surface area contributed by atoms with Gasteiger partial charge in [0.1, 0.15) is 0 Å². The monoisotopic (exact) mass is 134 g/mol. The van der Waals surface area contributed by atoms with Crippen molar-refractivity contribution in [3.05, 3.63) is 13.2 Å². The Morgan fingerprint density at radius 2 is 1.88 bits per heavy atom. The topological polar surface area (TPSA) is 34.1 Å². The van der Waals surface area contributed by atoms with Gasteiger partial charge >= 0.3 is 0 Å². The molecular formula is C5H10O2S. The van der Waals surface area contributed by atoms with Crippen molar-refractivity contribution in [3.63, 3.8) is 0 Å². The van der Waals surface area contributed by atoms with Gasteiger partial charge in [0, 0.05) is 5.37 Å². The molecule has 0 heterocycles. The van der Waals surface area contributed by atoms with Crippen molar-refractivity contribution in [2.75, 3.05) is 0 Å². The van der Waals surface area contributed by atoms with Crippen LogP contribution in [0.15, 0.2) is 13.2 Å². The summed E-state index contributed by atoms with van der Waals surface area (Å²) in [7, 11) is -1.94. The Morgan fingerprint density at radius 1 is 1.50 bits per heavy atom. The Hall–Kier alpha value is -0.570. The van der Waals surface area contributed by atoms with Crippen molar-refractivity contribution in [3.8, 4) is 0 Å². The summed E-state index contributed by atoms with van der Waals surface area (Å²) in [6.07, 6.45) is 0.593. The van der Waals surface area contributed by atoms with Gasteiger partial charge in [-0.1, -0.05) is 6.92 Å². The third-order valence-corrected chi connectivity index (χ3v) is 0.908. The molecule has 0 saturated heterocycles. The van der Waals surface area contributed by atoms with E-state index in [1.54, 1.807) is 6.92 Å². The molecule has 0 aliphatic carbocycles. The van der Waals surface area contributed by atoms with Crippen LogP contribution < -0.4 is 0 Å². The van der Waals surface area contributed by atoms with E-state index in [1.807, 2.05) is 0 Å². The fourth-order valence-electron chi connectivity index (χ4n) is 0.136. The molecule has 0 aromatic heterocycles. The van der Waals surface area contributed by atoms with E-state index in [0.717, 1.165) is 0 Å². The third-order valence-electron chi connectivity index (χ3n) is 0.303. The van der Waals surface area contributed by atoms with Crippen LogP contribution in [0.2, 0.25) is 0 Å². The van der Waals surface area contributed by atoms with Crippen LogP contribution in [0.5, 0.6) is 0 Å². The van der Waals surface area contributed by atoms with Gasteiger partial charge in [-0.3, -0.25) is 0 Å². The van der Waals surface area contributed by atoms with Crippen LogP contribution in [0.4, 0.5) is 0 Å². The summed E-state index contributed by atoms with van der Waals surface area (Å²) in [6.45, 7) is 7.77. The minimum absolute atomic E-state index is 0.593. The fourth-order valence-corrected chi connectivity index (χ4v) is 0.408. The maximum atomic E-state index is 9.54. The van der Waals surface area contributed by atoms with Gasteiger partial charge in [0.25, 0.3) is 0 Å². The van der Waals surface area contributed by atoms with E-state index in [-0.39, 0.29) is 0 Å². The zero-order chi connectivity index (χ0) is 6.99. The summed E-state index contributed by atoms with van der Waals surface area (Å²) in [5.41, 5.74) is 0. The summed E-state index contributed by atoms with van der Waals surface area (Å²) >= 11 is 0. The Labute approximate surface area is 51.4 Å². The molecule has 0 aromatic rings. The van der Waals surface area contributed by atoms with Gasteiger partial charge in [-0.05, 0) is 6.42 Å². The highest BCUT2D eigenvalue weighted by Gasteiger charge is 1.61. The van der Waals surface area contributed by atoms with Crippen LogP contribution in [0, 0.1) is 0 Å². The Morgan fingerprint density at radius 3 is 1.88 bits per heavy atom. The van der Waals surface area contributed by atoms with Gasteiger partial charge in [-0.2, -0.15) is 8.42 Å². The lowest BCUT2D eigenvalue weighted by molar-refractivity contribution is 0.627. The van der Waals surface area contributed by atoms with E-state index in [2.05, 4.69) is 13.2 Å². The van der Waals surface area contributed by atoms with Crippen LogP contribution in [0.1, 0.15) is 13.3 Å². The Kier molecular flexibility index (Phi) is 12.6. The van der Waals surface area contributed by atoms with Crippen LogP contribution in [0.3, 0.4) is 0 Å². The van der Waals surface area contributed by atoms with Crippen molar-refractivity contribution in [2.45, 2.75) is 13.3 Å². The zero-order valence-corrected chi connectivity index (χ0v) is 5.74. The standard InChI is InChI=1S/C3H6O2S.C2H4/c1-2-3-6(4)5;1-2/h3H,2H2,1H3;1-2H2. The van der Waals surface area contributed by atoms with Crippen LogP contribution >= 0.6 is 0 Å². The van der Waals surface area contributed by atoms with Gasteiger partial charge in [0.2, 0.25) is 10.3 Å². The molecule has 0 aromatic carbocycles. The van der Waals surface area contributed by atoms with Crippen molar-refractivity contribution in [1.82, 2.24) is 0 Å². The highest BCUT2D eigenvalue weighted by molar-refractivity contribution is 7.71. The van der Waals surface area contributed by atoms with Crippen LogP contribution in [-0.4, -0.2) is 13.8 Å². The molecule has 0 fully saturated rings. The molecule has 2 nitrogen and oxygen atoms in total. The van der Waals surface area contributed by atoms with Gasteiger partial charge < -0.3 is 0 Å². The molecule has 0 spiro atoms. The van der Waals surface area contributed by atoms with Crippen molar-refractivity contribution in [2.24, 2.45) is 0 Å². The minimum Gasteiger partial charge on any atom is -0.185 e. The molecule has 0 N–H and O–H groups in total. The zero-order valence-electron chi connectivity index (χ0n) is 4.92. The van der Waals surface area contributed by atoms with Gasteiger partial charge in [-0.15, -0.1) is 13.2 Å². The largest absolute Gasteiger partial charge is 0.209 e. The molecule has 0 saturated carbocycles. The average molecular weight is 134 g/mol. The Bertz CT molecular complexity index is 136. The summed E-state index contributed by atoms with van der Waals surface area (Å²) in [5.74, 6) is 0. The SMILES string of the molecule is C=C.CCC=S(=O)=O. The molecule has 0 unspecified atom stereocenters. The second-order valence-corrected chi connectivity index (χ2v) is 1.69. The van der Waals surface area contributed by atoms with Crippen molar-refractivity contribution >= 4 is 15.7 Å². The minimum atomic E-state index is -1.94. The first kappa shape index (κ1) is 10.4. The second kappa shape index (κ2) is 9.66. The molecule has 0 aliphatic heterocycles. The molecule has 0 radical (unpaired) electrons. The van der Waals surface area contributed by atoms with Gasteiger partial charge in [-0.25, -0.2) is 0 Å². The molecule has 0 bridgehead atoms. The van der Waals surface area contributed by atoms with Gasteiger partial charge in [0.05, 0.1) is 0 Å². The van der Waals surface area contributed by atoms with E-state index in [0.29, 0.717) is 6.42 Å². The van der Waals surface area contributed by atoms with Crippen molar-refractivity contribution in [1.29, 1.82) is 0 Å². The van der Waals surface area contributed by atoms with Crippen molar-refractivity contribution < 1.29 is 8.42 Å². The smallest absolute Gasteiger partial charge is 0.185 e. The highest BCUT2D eigenvalue weighted by atomic mass is 32.2. The molecule has 8 heavy (non-hydrogen) atoms. The summed E-state index contributed by atoms with van der Waals surface area (Å²) in [5, 5.41) is 1.21. The lowest BCUT2D eigenvalue weighted by atomic mass is 10.6. The molecule has 0 aliphatic rings. The van der Waals surface area contributed by atoms with Gasteiger partial charge in [0.15, 0.2) is 0 Å². The predicted octanol–water partition coefficient (Wildman–Crippen LogP) is 0.880. The van der Waals surface area contributed by atoms with Crippen LogP contribution in [-0.2, 0) is 10.3 Å². The quantitative estimate of drug-likeness (QED) is 0.394. The first-order chi connectivity index (χ1) is 3.77. The number of hydrogen-bond donors (Lipinski definition) is 0. The van der Waals surface area contributed by atoms with E-state index >= 15 is 0 Å². The molecule has 0 amide bonds. The lowest BCUT2D eigenvalue weighted by Gasteiger charge is -1.57. The summed E-state index contributed by atoms with van der Waals surface area (Å²) < 4.78 is 19.1. The van der Waals surface area contributed by atoms with E-state index in [9.17, 15) is 8.42 Å². The number of rotatable bonds is 1. The second-order valence-electron chi connectivity index (χ2n) is 0.835. The number of hydrogen-bond acceptors (Lipinski definition) is 2. The predicted molar refractivity (Wildman–Crippen MR) is 36.5 cm³/mol. The Balaban J connectivity index is 0. The van der Waals surface area contributed by atoms with E-state index < -0.39 is 10.3 Å². The first-order valence-electron chi connectivity index (χ1n) is 2.18. The van der Waals surface area contributed by atoms with E-state index in [4.69, 9.17) is 0 Å². The lowest BCUT2D eigenvalue weighted by Crippen LogP contribution is -1.65. The van der Waals surface area contributed by atoms with E-state index in [1.165, 1.54) is 5.37 Å². The summed E-state index contributed by atoms with van der Waals surface area (Å²) in [4.78, 5) is 0. The average Bonchev–Trinajstić information content (AvgIpc) is 1.72. The maximum absolute atomic E-state index is 9.54. The molecule has 0 rings (SSSR count). The molecule has 3 heteroatoms. The third kappa shape index (κ3) is 18.0. The summed E-state index contributed by atoms with van der Waals surface area (Å²) in [6, 6.07) is 0.